The van der Waals surface area contributed by atoms with Crippen molar-refractivity contribution in [3.63, 3.8) is 0 Å². The minimum absolute atomic E-state index is 0.0225. The fourth-order valence-corrected chi connectivity index (χ4v) is 7.29. The molecule has 3 N–H and O–H groups in total. The molecule has 0 amide bonds. The molecular weight excluding hydrogens is 624 g/mol. The van der Waals surface area contributed by atoms with E-state index < -0.39 is 21.9 Å². The van der Waals surface area contributed by atoms with Crippen LogP contribution in [0.25, 0.3) is 0 Å². The maximum atomic E-state index is 12.7. The predicted molar refractivity (Wildman–Crippen MR) is 176 cm³/mol. The lowest BCUT2D eigenvalue weighted by atomic mass is 9.84. The quantitative estimate of drug-likeness (QED) is 0.196. The lowest BCUT2D eigenvalue weighted by Crippen LogP contribution is -2.46. The number of nitrogens with one attached hydrogen (secondary N) is 1. The zero-order valence-electron chi connectivity index (χ0n) is 25.5. The summed E-state index contributed by atoms with van der Waals surface area (Å²) in [6, 6.07) is 31.1. The van der Waals surface area contributed by atoms with Gasteiger partial charge in [-0.05, 0) is 59.4 Å². The predicted octanol–water partition coefficient (Wildman–Crippen LogP) is 5.84. The van der Waals surface area contributed by atoms with Crippen molar-refractivity contribution in [1.82, 2.24) is 9.62 Å². The lowest BCUT2D eigenvalue weighted by molar-refractivity contribution is -0.253. The summed E-state index contributed by atoms with van der Waals surface area (Å²) in [6.07, 6.45) is 0.926. The molecule has 6 rings (SSSR count). The molecule has 0 aromatic heterocycles. The van der Waals surface area contributed by atoms with E-state index >= 15 is 0 Å². The van der Waals surface area contributed by atoms with Crippen LogP contribution in [0.3, 0.4) is 0 Å². The molecule has 4 aromatic carbocycles. The molecule has 2 saturated heterocycles. The molecule has 0 aliphatic carbocycles. The van der Waals surface area contributed by atoms with Gasteiger partial charge < -0.3 is 24.6 Å². The highest BCUT2D eigenvalue weighted by Gasteiger charge is 2.37. The fourth-order valence-electron chi connectivity index (χ4n) is 6.13. The van der Waals surface area contributed by atoms with E-state index in [-0.39, 0.29) is 30.3 Å². The number of aliphatic hydroxyl groups is 2. The van der Waals surface area contributed by atoms with Gasteiger partial charge in [0.15, 0.2) is 6.29 Å². The van der Waals surface area contributed by atoms with Crippen LogP contribution in [0.15, 0.2) is 108 Å². The second-order valence-corrected chi connectivity index (χ2v) is 14.3. The van der Waals surface area contributed by atoms with Crippen LogP contribution in [0.5, 0.6) is 0 Å². The van der Waals surface area contributed by atoms with Gasteiger partial charge in [-0.25, -0.2) is 13.1 Å². The first-order valence-electron chi connectivity index (χ1n) is 15.6. The minimum atomic E-state index is -3.62. The Bertz CT molecular complexity index is 1680. The Balaban J connectivity index is 1.13. The van der Waals surface area contributed by atoms with Crippen molar-refractivity contribution in [1.29, 1.82) is 0 Å². The second-order valence-electron chi connectivity index (χ2n) is 12.1. The van der Waals surface area contributed by atoms with Crippen molar-refractivity contribution < 1.29 is 28.1 Å². The van der Waals surface area contributed by atoms with Crippen molar-refractivity contribution in [3.05, 3.63) is 136 Å². The molecule has 3 unspecified atom stereocenters. The first-order chi connectivity index (χ1) is 22.2. The summed E-state index contributed by atoms with van der Waals surface area (Å²) < 4.78 is 41.0. The third-order valence-corrected chi connectivity index (χ3v) is 10.6. The number of aliphatic hydroxyl groups excluding tert-OH is 1. The molecule has 2 fully saturated rings. The van der Waals surface area contributed by atoms with E-state index in [1.807, 2.05) is 72.8 Å². The Hall–Kier alpha value is -3.12. The molecular formula is C36H39ClN2O6S. The number of hydrogen-bond donors (Lipinski definition) is 3. The van der Waals surface area contributed by atoms with E-state index in [0.29, 0.717) is 30.8 Å². The van der Waals surface area contributed by atoms with Crippen molar-refractivity contribution in [3.8, 4) is 0 Å². The lowest BCUT2D eigenvalue weighted by Gasteiger charge is -2.42. The summed E-state index contributed by atoms with van der Waals surface area (Å²) in [5, 5.41) is 21.5. The van der Waals surface area contributed by atoms with E-state index in [1.165, 1.54) is 0 Å². The molecule has 2 aliphatic heterocycles. The van der Waals surface area contributed by atoms with Crippen LogP contribution < -0.4 is 4.72 Å². The average molecular weight is 663 g/mol. The molecule has 0 spiro atoms. The fraction of sp³-hybridized carbons (Fsp3) is 0.333. The van der Waals surface area contributed by atoms with Gasteiger partial charge in [-0.2, -0.15) is 0 Å². The van der Waals surface area contributed by atoms with E-state index in [9.17, 15) is 18.6 Å². The number of halogens is 1. The highest BCUT2D eigenvalue weighted by molar-refractivity contribution is 7.89. The second kappa shape index (κ2) is 14.3. The van der Waals surface area contributed by atoms with Crippen LogP contribution >= 0.6 is 11.6 Å². The first-order valence-corrected chi connectivity index (χ1v) is 17.4. The zero-order chi connectivity index (χ0) is 32.1. The van der Waals surface area contributed by atoms with Gasteiger partial charge in [-0.1, -0.05) is 90.5 Å². The van der Waals surface area contributed by atoms with Crippen molar-refractivity contribution in [2.75, 3.05) is 19.6 Å². The summed E-state index contributed by atoms with van der Waals surface area (Å²) in [5.41, 5.74) is 3.51. The molecule has 46 heavy (non-hydrogen) atoms. The molecule has 4 aromatic rings. The van der Waals surface area contributed by atoms with E-state index in [2.05, 4.69) is 9.62 Å². The molecule has 0 saturated carbocycles. The summed E-state index contributed by atoms with van der Waals surface area (Å²) in [6.45, 7) is 2.29. The molecule has 242 valence electrons. The Morgan fingerprint density at radius 2 is 1.46 bits per heavy atom. The van der Waals surface area contributed by atoms with Gasteiger partial charge in [-0.15, -0.1) is 0 Å². The zero-order valence-corrected chi connectivity index (χ0v) is 27.0. The minimum Gasteiger partial charge on any atom is -0.392 e. The van der Waals surface area contributed by atoms with Gasteiger partial charge in [0.05, 0.1) is 29.3 Å². The largest absolute Gasteiger partial charge is 0.392 e. The van der Waals surface area contributed by atoms with Crippen LogP contribution in [-0.4, -0.2) is 49.3 Å². The van der Waals surface area contributed by atoms with Crippen LogP contribution in [0, 0.1) is 0 Å². The number of rotatable bonds is 10. The number of sulfonamides is 1. The van der Waals surface area contributed by atoms with E-state index in [0.717, 1.165) is 40.9 Å². The highest BCUT2D eigenvalue weighted by atomic mass is 35.5. The van der Waals surface area contributed by atoms with Gasteiger partial charge in [0.25, 0.3) is 0 Å². The molecule has 8 nitrogen and oxygen atoms in total. The summed E-state index contributed by atoms with van der Waals surface area (Å²) >= 11 is 6.06. The number of benzene rings is 4. The highest BCUT2D eigenvalue weighted by Crippen LogP contribution is 2.39. The molecule has 0 radical (unpaired) electrons. The van der Waals surface area contributed by atoms with Gasteiger partial charge >= 0.3 is 0 Å². The third kappa shape index (κ3) is 7.87. The number of ether oxygens (including phenoxy) is 2. The first kappa shape index (κ1) is 32.8. The van der Waals surface area contributed by atoms with Crippen LogP contribution in [0.4, 0.5) is 0 Å². The van der Waals surface area contributed by atoms with E-state index in [4.69, 9.17) is 21.1 Å². The summed E-state index contributed by atoms with van der Waals surface area (Å²) in [7, 11) is -3.62. The number of likely N-dealkylation sites (tertiary alicyclic amines) is 1. The third-order valence-electron chi connectivity index (χ3n) is 8.91. The summed E-state index contributed by atoms with van der Waals surface area (Å²) in [4.78, 5) is 2.56. The molecule has 10 heteroatoms. The molecule has 2 heterocycles. The maximum Gasteiger partial charge on any atom is 0.240 e. The van der Waals surface area contributed by atoms with Gasteiger partial charge in [0, 0.05) is 43.2 Å². The number of hydrogen-bond acceptors (Lipinski definition) is 7. The van der Waals surface area contributed by atoms with Crippen molar-refractivity contribution in [2.24, 2.45) is 0 Å². The molecule has 0 bridgehead atoms. The number of nitrogens with zero attached hydrogens (tertiary/aromatic N) is 1. The smallest absolute Gasteiger partial charge is 0.240 e. The Labute approximate surface area is 275 Å². The summed E-state index contributed by atoms with van der Waals surface area (Å²) in [5.74, 6) is 0. The van der Waals surface area contributed by atoms with Gasteiger partial charge in [0.1, 0.15) is 0 Å². The Kier molecular flexibility index (Phi) is 10.2. The van der Waals surface area contributed by atoms with Gasteiger partial charge in [0.2, 0.25) is 10.0 Å². The van der Waals surface area contributed by atoms with Crippen LogP contribution in [-0.2, 0) is 38.2 Å². The number of piperidine rings is 1. The Morgan fingerprint density at radius 1 is 0.826 bits per heavy atom. The van der Waals surface area contributed by atoms with Crippen molar-refractivity contribution >= 4 is 21.6 Å². The standard InChI is InChI=1S/C36H39ClN2O6S/c37-31-16-14-30(15-17-31)36(41)18-20-39(21-19-36)24-32-22-34(28-10-8-27(25-40)9-11-28)45-35(44-32)29-12-6-26(7-13-29)23-38-46(42,43)33-4-2-1-3-5-33/h1-17,32,34-35,38,40-41H,18-25H2. The Morgan fingerprint density at radius 3 is 2.11 bits per heavy atom. The molecule has 2 aliphatic rings. The molecule has 3 atom stereocenters. The maximum absolute atomic E-state index is 12.7. The van der Waals surface area contributed by atoms with Crippen LogP contribution in [0.1, 0.15) is 59.5 Å². The van der Waals surface area contributed by atoms with Crippen molar-refractivity contribution in [2.45, 2.75) is 61.4 Å². The SMILES string of the molecule is O=S(=O)(NCc1ccc(C2OC(CN3CCC(O)(c4ccc(Cl)cc4)CC3)CC(c3ccc(CO)cc3)O2)cc1)c1ccccc1. The van der Waals surface area contributed by atoms with Crippen LogP contribution in [0.2, 0.25) is 5.02 Å². The average Bonchev–Trinajstić information content (AvgIpc) is 3.09. The monoisotopic (exact) mass is 662 g/mol. The normalized spacial score (nSPS) is 22.0. The van der Waals surface area contributed by atoms with Gasteiger partial charge in [-0.3, -0.25) is 0 Å². The topological polar surface area (TPSA) is 108 Å². The van der Waals surface area contributed by atoms with E-state index in [1.54, 1.807) is 30.3 Å².